The van der Waals surface area contributed by atoms with E-state index in [2.05, 4.69) is 15.0 Å². The van der Waals surface area contributed by atoms with E-state index in [9.17, 15) is 9.59 Å². The van der Waals surface area contributed by atoms with Crippen molar-refractivity contribution in [2.45, 2.75) is 13.8 Å². The Balaban J connectivity index is 2.50. The fraction of sp³-hybridized carbons (Fsp3) is 0.364. The van der Waals surface area contributed by atoms with Gasteiger partial charge in [0.1, 0.15) is 6.54 Å². The highest BCUT2D eigenvalue weighted by Gasteiger charge is 2.08. The Morgan fingerprint density at radius 2 is 2.19 bits per heavy atom. The van der Waals surface area contributed by atoms with Crippen LogP contribution in [0.2, 0.25) is 0 Å². The molecule has 1 aromatic heterocycles. The van der Waals surface area contributed by atoms with Crippen molar-refractivity contribution < 1.29 is 14.3 Å². The van der Waals surface area contributed by atoms with Crippen LogP contribution in [0.5, 0.6) is 0 Å². The molecule has 1 heterocycles. The number of nitrogens with one attached hydrogen (secondary N) is 1. The molecule has 0 aromatic carbocycles. The van der Waals surface area contributed by atoms with Crippen molar-refractivity contribution in [2.75, 3.05) is 13.2 Å². The summed E-state index contributed by atoms with van der Waals surface area (Å²) in [6.45, 7) is 3.74. The fourth-order valence-corrected chi connectivity index (χ4v) is 1.15. The quantitative estimate of drug-likeness (QED) is 0.761. The van der Waals surface area contributed by atoms with E-state index < -0.39 is 5.97 Å². The number of carbonyl (C=O) groups excluding carboxylic acids is 2. The molecule has 0 atom stereocenters. The Morgan fingerprint density at radius 1 is 1.44 bits per heavy atom. The number of nitrogens with zero attached hydrogens (tertiary/aromatic N) is 1. The van der Waals surface area contributed by atoms with Gasteiger partial charge < -0.3 is 10.1 Å². The number of rotatable bonds is 4. The summed E-state index contributed by atoms with van der Waals surface area (Å²) in [4.78, 5) is 26.4. The van der Waals surface area contributed by atoms with Gasteiger partial charge in [0.05, 0.1) is 12.2 Å². The third-order valence-corrected chi connectivity index (χ3v) is 1.84. The van der Waals surface area contributed by atoms with Gasteiger partial charge in [-0.05, 0) is 25.5 Å². The highest BCUT2D eigenvalue weighted by molar-refractivity contribution is 5.95. The van der Waals surface area contributed by atoms with Crippen LogP contribution in [-0.4, -0.2) is 30.0 Å². The van der Waals surface area contributed by atoms with Crippen LogP contribution < -0.4 is 5.32 Å². The minimum Gasteiger partial charge on any atom is -0.465 e. The van der Waals surface area contributed by atoms with E-state index in [1.807, 2.05) is 6.92 Å². The zero-order chi connectivity index (χ0) is 12.0. The zero-order valence-corrected chi connectivity index (χ0v) is 9.32. The van der Waals surface area contributed by atoms with Crippen LogP contribution in [0.4, 0.5) is 0 Å². The summed E-state index contributed by atoms with van der Waals surface area (Å²) in [5, 5.41) is 2.46. The molecule has 0 unspecified atom stereocenters. The highest BCUT2D eigenvalue weighted by Crippen LogP contribution is 2.00. The normalized spacial score (nSPS) is 9.62. The molecule has 0 aliphatic heterocycles. The van der Waals surface area contributed by atoms with Gasteiger partial charge in [-0.2, -0.15) is 0 Å². The standard InChI is InChI=1S/C11H14N2O3/c1-3-16-10(14)7-13-11(15)9-4-8(2)5-12-6-9/h4-6H,3,7H2,1-2H3,(H,13,15). The second-order valence-corrected chi connectivity index (χ2v) is 3.24. The molecule has 0 saturated carbocycles. The largest absolute Gasteiger partial charge is 0.465 e. The highest BCUT2D eigenvalue weighted by atomic mass is 16.5. The molecule has 1 rings (SSSR count). The third kappa shape index (κ3) is 3.68. The summed E-state index contributed by atoms with van der Waals surface area (Å²) >= 11 is 0. The molecule has 0 bridgehead atoms. The van der Waals surface area contributed by atoms with Crippen LogP contribution in [0.25, 0.3) is 0 Å². The SMILES string of the molecule is CCOC(=O)CNC(=O)c1cncc(C)c1. The lowest BCUT2D eigenvalue weighted by Crippen LogP contribution is -2.30. The van der Waals surface area contributed by atoms with Crippen molar-refractivity contribution in [3.05, 3.63) is 29.6 Å². The Hall–Kier alpha value is -1.91. The molecule has 5 nitrogen and oxygen atoms in total. The molecule has 1 N–H and O–H groups in total. The molecule has 0 aliphatic rings. The van der Waals surface area contributed by atoms with Crippen LogP contribution in [0.1, 0.15) is 22.8 Å². The Bertz CT molecular complexity index is 391. The molecule has 1 amide bonds. The Kier molecular flexibility index (Phi) is 4.44. The molecule has 0 radical (unpaired) electrons. The van der Waals surface area contributed by atoms with Gasteiger partial charge in [0.15, 0.2) is 0 Å². The van der Waals surface area contributed by atoms with Crippen LogP contribution in [-0.2, 0) is 9.53 Å². The molecule has 86 valence electrons. The molecule has 0 fully saturated rings. The van der Waals surface area contributed by atoms with E-state index in [0.717, 1.165) is 5.56 Å². The minimum atomic E-state index is -0.448. The number of aryl methyl sites for hydroxylation is 1. The summed E-state index contributed by atoms with van der Waals surface area (Å²) in [6, 6.07) is 1.70. The number of pyridine rings is 1. The monoisotopic (exact) mass is 222 g/mol. The second-order valence-electron chi connectivity index (χ2n) is 3.24. The first-order chi connectivity index (χ1) is 7.63. The number of esters is 1. The van der Waals surface area contributed by atoms with Crippen molar-refractivity contribution in [3.63, 3.8) is 0 Å². The zero-order valence-electron chi connectivity index (χ0n) is 9.32. The number of hydrogen-bond acceptors (Lipinski definition) is 4. The predicted octanol–water partition coefficient (Wildman–Crippen LogP) is 0.683. The van der Waals surface area contributed by atoms with Crippen LogP contribution >= 0.6 is 0 Å². The van der Waals surface area contributed by atoms with Gasteiger partial charge in [0.2, 0.25) is 0 Å². The summed E-state index contributed by atoms with van der Waals surface area (Å²) in [5.74, 6) is -0.777. The summed E-state index contributed by atoms with van der Waals surface area (Å²) in [7, 11) is 0. The molecule has 5 heteroatoms. The predicted molar refractivity (Wildman–Crippen MR) is 57.9 cm³/mol. The number of carbonyl (C=O) groups is 2. The van der Waals surface area contributed by atoms with Crippen LogP contribution in [0, 0.1) is 6.92 Å². The first kappa shape index (κ1) is 12.2. The van der Waals surface area contributed by atoms with E-state index >= 15 is 0 Å². The molecule has 1 aromatic rings. The molecule has 0 aliphatic carbocycles. The maximum absolute atomic E-state index is 11.5. The van der Waals surface area contributed by atoms with Gasteiger partial charge in [-0.1, -0.05) is 0 Å². The van der Waals surface area contributed by atoms with Gasteiger partial charge >= 0.3 is 5.97 Å². The van der Waals surface area contributed by atoms with Gasteiger partial charge in [-0.3, -0.25) is 14.6 Å². The average molecular weight is 222 g/mol. The van der Waals surface area contributed by atoms with Gasteiger partial charge in [0.25, 0.3) is 5.91 Å². The molecule has 0 saturated heterocycles. The smallest absolute Gasteiger partial charge is 0.325 e. The van der Waals surface area contributed by atoms with Crippen molar-refractivity contribution in [1.82, 2.24) is 10.3 Å². The van der Waals surface area contributed by atoms with E-state index in [1.54, 1.807) is 19.2 Å². The molecule has 16 heavy (non-hydrogen) atoms. The van der Waals surface area contributed by atoms with Gasteiger partial charge in [-0.15, -0.1) is 0 Å². The lowest BCUT2D eigenvalue weighted by atomic mass is 10.2. The second kappa shape index (κ2) is 5.85. The van der Waals surface area contributed by atoms with Crippen molar-refractivity contribution in [3.8, 4) is 0 Å². The maximum Gasteiger partial charge on any atom is 0.325 e. The van der Waals surface area contributed by atoms with Crippen LogP contribution in [0.3, 0.4) is 0 Å². The first-order valence-corrected chi connectivity index (χ1v) is 4.99. The molecular weight excluding hydrogens is 208 g/mol. The van der Waals surface area contributed by atoms with Gasteiger partial charge in [-0.25, -0.2) is 0 Å². The molecular formula is C11H14N2O3. The summed E-state index contributed by atoms with van der Waals surface area (Å²) < 4.78 is 4.68. The summed E-state index contributed by atoms with van der Waals surface area (Å²) in [6.07, 6.45) is 3.11. The third-order valence-electron chi connectivity index (χ3n) is 1.84. The van der Waals surface area contributed by atoms with E-state index in [1.165, 1.54) is 6.20 Å². The number of aromatic nitrogens is 1. The minimum absolute atomic E-state index is 0.124. The Labute approximate surface area is 93.8 Å². The Morgan fingerprint density at radius 3 is 2.81 bits per heavy atom. The topological polar surface area (TPSA) is 68.3 Å². The van der Waals surface area contributed by atoms with E-state index in [-0.39, 0.29) is 12.5 Å². The maximum atomic E-state index is 11.5. The summed E-state index contributed by atoms with van der Waals surface area (Å²) in [5.41, 5.74) is 1.33. The number of amides is 1. The fourth-order valence-electron chi connectivity index (χ4n) is 1.15. The number of hydrogen-bond donors (Lipinski definition) is 1. The van der Waals surface area contributed by atoms with E-state index in [4.69, 9.17) is 0 Å². The van der Waals surface area contributed by atoms with Gasteiger partial charge in [0, 0.05) is 12.4 Å². The van der Waals surface area contributed by atoms with Crippen LogP contribution in [0.15, 0.2) is 18.5 Å². The van der Waals surface area contributed by atoms with E-state index in [0.29, 0.717) is 12.2 Å². The molecule has 0 spiro atoms. The van der Waals surface area contributed by atoms with Crippen molar-refractivity contribution in [2.24, 2.45) is 0 Å². The van der Waals surface area contributed by atoms with Crippen molar-refractivity contribution >= 4 is 11.9 Å². The lowest BCUT2D eigenvalue weighted by molar-refractivity contribution is -0.141. The average Bonchev–Trinajstić information content (AvgIpc) is 2.26. The number of ether oxygens (including phenoxy) is 1. The first-order valence-electron chi connectivity index (χ1n) is 4.99. The lowest BCUT2D eigenvalue weighted by Gasteiger charge is -2.04. The van der Waals surface area contributed by atoms with Crippen molar-refractivity contribution in [1.29, 1.82) is 0 Å².